The molecule has 1 saturated heterocycles. The molecule has 0 aromatic heterocycles. The van der Waals surface area contributed by atoms with Crippen LogP contribution in [0.25, 0.3) is 16.7 Å². The summed E-state index contributed by atoms with van der Waals surface area (Å²) in [6, 6.07) is 26.9. The van der Waals surface area contributed by atoms with Crippen LogP contribution < -0.4 is 4.90 Å². The molecule has 0 N–H and O–H groups in total. The van der Waals surface area contributed by atoms with Crippen molar-refractivity contribution in [3.05, 3.63) is 119 Å². The van der Waals surface area contributed by atoms with E-state index >= 15 is 0 Å². The number of rotatable bonds is 4. The molecule has 2 aliphatic carbocycles. The van der Waals surface area contributed by atoms with E-state index in [9.17, 15) is 0 Å². The van der Waals surface area contributed by atoms with Gasteiger partial charge in [-0.05, 0) is 102 Å². The van der Waals surface area contributed by atoms with Crippen LogP contribution in [0.3, 0.4) is 0 Å². The zero-order valence-electron chi connectivity index (χ0n) is 24.6. The molecule has 6 rings (SSSR count). The second-order valence-corrected chi connectivity index (χ2v) is 13.0. The summed E-state index contributed by atoms with van der Waals surface area (Å²) in [4.78, 5) is 2.65. The fraction of sp³-hybridized carbons (Fsp3) is 0.368. The van der Waals surface area contributed by atoms with Gasteiger partial charge in [0.15, 0.2) is 0 Å². The van der Waals surface area contributed by atoms with Crippen LogP contribution >= 0.6 is 0 Å². The van der Waals surface area contributed by atoms with Crippen LogP contribution in [0.15, 0.2) is 103 Å². The fourth-order valence-electron chi connectivity index (χ4n) is 8.12. The minimum Gasteiger partial charge on any atom is -0.335 e. The summed E-state index contributed by atoms with van der Waals surface area (Å²) in [6.45, 7) is 19.0. The molecule has 200 valence electrons. The van der Waals surface area contributed by atoms with Crippen molar-refractivity contribution in [1.29, 1.82) is 0 Å². The third-order valence-electron chi connectivity index (χ3n) is 10.7. The van der Waals surface area contributed by atoms with E-state index in [4.69, 9.17) is 0 Å². The van der Waals surface area contributed by atoms with Crippen molar-refractivity contribution < 1.29 is 0 Å². The molecule has 1 heteroatoms. The zero-order chi connectivity index (χ0) is 27.6. The largest absolute Gasteiger partial charge is 0.335 e. The summed E-state index contributed by atoms with van der Waals surface area (Å²) in [7, 11) is 0. The predicted octanol–water partition coefficient (Wildman–Crippen LogP) is 10.3. The quantitative estimate of drug-likeness (QED) is 0.335. The molecule has 3 aliphatic rings. The van der Waals surface area contributed by atoms with Crippen LogP contribution in [-0.4, -0.2) is 5.54 Å². The molecule has 3 aromatic carbocycles. The maximum absolute atomic E-state index is 4.69. The Kier molecular flexibility index (Phi) is 6.06. The molecule has 39 heavy (non-hydrogen) atoms. The molecule has 0 amide bonds. The number of allylic oxidation sites excluding steroid dienone is 4. The second kappa shape index (κ2) is 9.12. The van der Waals surface area contributed by atoms with Gasteiger partial charge in [0.25, 0.3) is 0 Å². The van der Waals surface area contributed by atoms with Crippen LogP contribution in [0.5, 0.6) is 0 Å². The van der Waals surface area contributed by atoms with Crippen molar-refractivity contribution in [2.45, 2.75) is 78.2 Å². The molecule has 3 unspecified atom stereocenters. The van der Waals surface area contributed by atoms with Crippen molar-refractivity contribution >= 4 is 11.3 Å². The molecule has 1 saturated carbocycles. The Morgan fingerprint density at radius 3 is 2.33 bits per heavy atom. The summed E-state index contributed by atoms with van der Waals surface area (Å²) in [5.41, 5.74) is 12.0. The standard InChI is InChI=1S/C38H43N/c1-8-27-21-22-38(7)37(6,25-27)34(35(9-2)39(38)29-15-11-10-12-16-29)23-26(3)28-19-20-31-30-17-13-14-18-32(30)36(4,5)33(31)24-28/h9-20,23-24,27H,3,8,21-22,25H2,1-2,4-7H3/b34-23?,35-9+. The van der Waals surface area contributed by atoms with Gasteiger partial charge < -0.3 is 4.90 Å². The summed E-state index contributed by atoms with van der Waals surface area (Å²) in [5.74, 6) is 0.757. The Balaban J connectivity index is 1.47. The van der Waals surface area contributed by atoms with Gasteiger partial charge in [0.2, 0.25) is 0 Å². The highest BCUT2D eigenvalue weighted by Gasteiger charge is 2.60. The monoisotopic (exact) mass is 513 g/mol. The summed E-state index contributed by atoms with van der Waals surface area (Å²) in [5, 5.41) is 0. The van der Waals surface area contributed by atoms with Gasteiger partial charge in [0.1, 0.15) is 0 Å². The molecular formula is C38H43N. The molecule has 1 nitrogen and oxygen atoms in total. The molecule has 0 radical (unpaired) electrons. The van der Waals surface area contributed by atoms with Gasteiger partial charge in [-0.15, -0.1) is 0 Å². The number of hydrogen-bond donors (Lipinski definition) is 0. The average molecular weight is 514 g/mol. The highest BCUT2D eigenvalue weighted by atomic mass is 15.3. The van der Waals surface area contributed by atoms with E-state index in [2.05, 4.69) is 138 Å². The number of nitrogens with zero attached hydrogens (tertiary/aromatic N) is 1. The number of fused-ring (bicyclic) bond motifs is 4. The number of benzene rings is 3. The lowest BCUT2D eigenvalue weighted by Crippen LogP contribution is -2.53. The van der Waals surface area contributed by atoms with Gasteiger partial charge in [0.05, 0.1) is 5.54 Å². The van der Waals surface area contributed by atoms with E-state index in [-0.39, 0.29) is 16.4 Å². The van der Waals surface area contributed by atoms with Crippen molar-refractivity contribution in [3.8, 4) is 11.1 Å². The second-order valence-electron chi connectivity index (χ2n) is 13.0. The van der Waals surface area contributed by atoms with E-state index in [0.717, 1.165) is 11.5 Å². The van der Waals surface area contributed by atoms with Gasteiger partial charge in [-0.2, -0.15) is 0 Å². The summed E-state index contributed by atoms with van der Waals surface area (Å²) < 4.78 is 0. The molecular weight excluding hydrogens is 470 g/mol. The number of para-hydroxylation sites is 1. The molecule has 2 fully saturated rings. The first kappa shape index (κ1) is 25.9. The Bertz CT molecular complexity index is 1500. The first-order valence-corrected chi connectivity index (χ1v) is 14.8. The fourth-order valence-corrected chi connectivity index (χ4v) is 8.12. The van der Waals surface area contributed by atoms with Crippen molar-refractivity contribution in [1.82, 2.24) is 0 Å². The van der Waals surface area contributed by atoms with E-state index in [0.29, 0.717) is 0 Å². The highest BCUT2D eigenvalue weighted by Crippen LogP contribution is 2.63. The maximum Gasteiger partial charge on any atom is 0.0518 e. The lowest BCUT2D eigenvalue weighted by molar-refractivity contribution is 0.112. The van der Waals surface area contributed by atoms with E-state index in [1.54, 1.807) is 0 Å². The lowest BCUT2D eigenvalue weighted by atomic mass is 9.58. The van der Waals surface area contributed by atoms with Crippen molar-refractivity contribution in [3.63, 3.8) is 0 Å². The summed E-state index contributed by atoms with van der Waals surface area (Å²) in [6.07, 6.45) is 9.72. The Labute approximate surface area is 236 Å². The first-order valence-electron chi connectivity index (χ1n) is 14.8. The number of hydrogen-bond acceptors (Lipinski definition) is 1. The third-order valence-corrected chi connectivity index (χ3v) is 10.7. The third kappa shape index (κ3) is 3.65. The van der Waals surface area contributed by atoms with Crippen LogP contribution in [0.1, 0.15) is 83.9 Å². The van der Waals surface area contributed by atoms with Crippen LogP contribution in [0, 0.1) is 11.3 Å². The Hall–Kier alpha value is -3.32. The molecule has 0 bridgehead atoms. The zero-order valence-corrected chi connectivity index (χ0v) is 24.6. The minimum atomic E-state index is -0.0103. The van der Waals surface area contributed by atoms with E-state index < -0.39 is 0 Å². The van der Waals surface area contributed by atoms with Gasteiger partial charge in [-0.25, -0.2) is 0 Å². The smallest absolute Gasteiger partial charge is 0.0518 e. The van der Waals surface area contributed by atoms with Crippen LogP contribution in [0.4, 0.5) is 5.69 Å². The number of anilines is 1. The van der Waals surface area contributed by atoms with Crippen molar-refractivity contribution in [2.24, 2.45) is 11.3 Å². The topological polar surface area (TPSA) is 3.24 Å². The minimum absolute atomic E-state index is 0.0103. The molecule has 0 spiro atoms. The van der Waals surface area contributed by atoms with Gasteiger partial charge in [-0.3, -0.25) is 0 Å². The Morgan fingerprint density at radius 1 is 0.923 bits per heavy atom. The van der Waals surface area contributed by atoms with Gasteiger partial charge >= 0.3 is 0 Å². The van der Waals surface area contributed by atoms with E-state index in [1.165, 1.54) is 70.5 Å². The Morgan fingerprint density at radius 2 is 1.62 bits per heavy atom. The molecule has 1 aliphatic heterocycles. The average Bonchev–Trinajstić information content (AvgIpc) is 3.30. The maximum atomic E-state index is 4.69. The van der Waals surface area contributed by atoms with Crippen LogP contribution in [0.2, 0.25) is 0 Å². The normalized spacial score (nSPS) is 28.9. The van der Waals surface area contributed by atoms with Gasteiger partial charge in [-0.1, -0.05) is 101 Å². The highest BCUT2D eigenvalue weighted by molar-refractivity contribution is 5.85. The molecule has 1 heterocycles. The van der Waals surface area contributed by atoms with Crippen molar-refractivity contribution in [2.75, 3.05) is 4.90 Å². The predicted molar refractivity (Wildman–Crippen MR) is 168 cm³/mol. The molecule has 3 atom stereocenters. The summed E-state index contributed by atoms with van der Waals surface area (Å²) >= 11 is 0. The first-order chi connectivity index (χ1) is 18.7. The lowest BCUT2D eigenvalue weighted by Gasteiger charge is -2.51. The SMILES string of the molecule is C=C(C=C1/C(=C\C)N(c2ccccc2)C2(C)CCC(CC)CC12C)c1ccc2c(c1)C(C)(C)c1ccccc1-2. The van der Waals surface area contributed by atoms with Crippen LogP contribution in [-0.2, 0) is 5.41 Å². The molecule has 3 aromatic rings. The van der Waals surface area contributed by atoms with Gasteiger partial charge in [0, 0.05) is 22.2 Å². The van der Waals surface area contributed by atoms with E-state index in [1.807, 2.05) is 0 Å².